The fourth-order valence-corrected chi connectivity index (χ4v) is 3.16. The SMILES string of the molecule is COc1cc(C2=CCCCc3ccccc32)cc(OC)c1OC. The van der Waals surface area contributed by atoms with Gasteiger partial charge >= 0.3 is 0 Å². The molecule has 0 aromatic heterocycles. The summed E-state index contributed by atoms with van der Waals surface area (Å²) in [4.78, 5) is 0. The molecule has 2 aromatic carbocycles. The first-order valence-corrected chi connectivity index (χ1v) is 7.87. The second-order valence-electron chi connectivity index (χ2n) is 5.58. The summed E-state index contributed by atoms with van der Waals surface area (Å²) in [7, 11) is 4.92. The maximum Gasteiger partial charge on any atom is 0.203 e. The summed E-state index contributed by atoms with van der Waals surface area (Å²) in [6.07, 6.45) is 5.67. The van der Waals surface area contributed by atoms with E-state index in [0.717, 1.165) is 18.4 Å². The van der Waals surface area contributed by atoms with Crippen molar-refractivity contribution in [2.45, 2.75) is 19.3 Å². The lowest BCUT2D eigenvalue weighted by Crippen LogP contribution is -1.98. The molecule has 120 valence electrons. The fraction of sp³-hybridized carbons (Fsp3) is 0.300. The molecule has 0 unspecified atom stereocenters. The Balaban J connectivity index is 2.17. The van der Waals surface area contributed by atoms with Gasteiger partial charge in [0, 0.05) is 0 Å². The Bertz CT molecular complexity index is 706. The van der Waals surface area contributed by atoms with Gasteiger partial charge in [-0.1, -0.05) is 30.3 Å². The van der Waals surface area contributed by atoms with E-state index in [-0.39, 0.29) is 0 Å². The molecule has 0 bridgehead atoms. The molecule has 3 nitrogen and oxygen atoms in total. The average molecular weight is 310 g/mol. The Kier molecular flexibility index (Phi) is 4.56. The Labute approximate surface area is 137 Å². The lowest BCUT2D eigenvalue weighted by Gasteiger charge is -2.16. The van der Waals surface area contributed by atoms with Crippen LogP contribution in [0.4, 0.5) is 0 Å². The van der Waals surface area contributed by atoms with Crippen LogP contribution in [-0.4, -0.2) is 21.3 Å². The maximum atomic E-state index is 5.50. The summed E-state index contributed by atoms with van der Waals surface area (Å²) in [6, 6.07) is 12.7. The van der Waals surface area contributed by atoms with Gasteiger partial charge in [-0.25, -0.2) is 0 Å². The number of fused-ring (bicyclic) bond motifs is 1. The summed E-state index contributed by atoms with van der Waals surface area (Å²) in [5.41, 5.74) is 5.01. The molecular weight excluding hydrogens is 288 g/mol. The molecule has 0 saturated carbocycles. The van der Waals surface area contributed by atoms with Gasteiger partial charge in [0.15, 0.2) is 11.5 Å². The molecule has 0 fully saturated rings. The smallest absolute Gasteiger partial charge is 0.203 e. The molecule has 23 heavy (non-hydrogen) atoms. The molecule has 1 aliphatic carbocycles. The minimum atomic E-state index is 0.626. The second kappa shape index (κ2) is 6.78. The van der Waals surface area contributed by atoms with Crippen LogP contribution >= 0.6 is 0 Å². The standard InChI is InChI=1S/C20H22O3/c1-21-18-12-15(13-19(22-2)20(18)23-3)17-11-7-5-9-14-8-4-6-10-16(14)17/h4,6,8,10-13H,5,7,9H2,1-3H3. The van der Waals surface area contributed by atoms with Crippen LogP contribution in [-0.2, 0) is 6.42 Å². The summed E-state index contributed by atoms with van der Waals surface area (Å²) in [5, 5.41) is 0. The van der Waals surface area contributed by atoms with Gasteiger partial charge in [-0.05, 0) is 53.7 Å². The van der Waals surface area contributed by atoms with Gasteiger partial charge in [-0.15, -0.1) is 0 Å². The van der Waals surface area contributed by atoms with E-state index in [1.165, 1.54) is 23.1 Å². The van der Waals surface area contributed by atoms with Gasteiger partial charge in [0.1, 0.15) is 0 Å². The molecule has 0 heterocycles. The second-order valence-corrected chi connectivity index (χ2v) is 5.58. The highest BCUT2D eigenvalue weighted by atomic mass is 16.5. The Morgan fingerprint density at radius 1 is 0.870 bits per heavy atom. The summed E-state index contributed by atoms with van der Waals surface area (Å²) in [5.74, 6) is 2.00. The number of hydrogen-bond donors (Lipinski definition) is 0. The minimum absolute atomic E-state index is 0.626. The van der Waals surface area contributed by atoms with Gasteiger partial charge < -0.3 is 14.2 Å². The van der Waals surface area contributed by atoms with E-state index in [1.807, 2.05) is 12.1 Å². The van der Waals surface area contributed by atoms with Crippen LogP contribution in [0.25, 0.3) is 5.57 Å². The molecule has 3 rings (SSSR count). The molecule has 0 aliphatic heterocycles. The topological polar surface area (TPSA) is 27.7 Å². The predicted octanol–water partition coefficient (Wildman–Crippen LogP) is 4.48. The number of hydrogen-bond acceptors (Lipinski definition) is 3. The maximum absolute atomic E-state index is 5.50. The molecule has 0 radical (unpaired) electrons. The molecule has 0 spiro atoms. The quantitative estimate of drug-likeness (QED) is 0.833. The summed E-state index contributed by atoms with van der Waals surface area (Å²) in [6.45, 7) is 0. The third-order valence-corrected chi connectivity index (χ3v) is 4.28. The highest BCUT2D eigenvalue weighted by Gasteiger charge is 2.18. The normalized spacial score (nSPS) is 13.6. The van der Waals surface area contributed by atoms with E-state index in [4.69, 9.17) is 14.2 Å². The minimum Gasteiger partial charge on any atom is -0.493 e. The van der Waals surface area contributed by atoms with Crippen molar-refractivity contribution < 1.29 is 14.2 Å². The average Bonchev–Trinajstić information content (AvgIpc) is 2.82. The number of rotatable bonds is 4. The van der Waals surface area contributed by atoms with Gasteiger partial charge in [0.05, 0.1) is 21.3 Å². The Morgan fingerprint density at radius 2 is 1.57 bits per heavy atom. The number of benzene rings is 2. The highest BCUT2D eigenvalue weighted by molar-refractivity contribution is 5.83. The van der Waals surface area contributed by atoms with Crippen LogP contribution < -0.4 is 14.2 Å². The molecule has 2 aromatic rings. The molecule has 0 N–H and O–H groups in total. The molecule has 0 atom stereocenters. The summed E-state index contributed by atoms with van der Waals surface area (Å²) >= 11 is 0. The first-order valence-electron chi connectivity index (χ1n) is 7.87. The van der Waals surface area contributed by atoms with Gasteiger partial charge in [-0.2, -0.15) is 0 Å². The van der Waals surface area contributed by atoms with Crippen molar-refractivity contribution in [2.75, 3.05) is 21.3 Å². The van der Waals surface area contributed by atoms with Crippen LogP contribution in [0.5, 0.6) is 17.2 Å². The predicted molar refractivity (Wildman–Crippen MR) is 92.6 cm³/mol. The van der Waals surface area contributed by atoms with E-state index in [1.54, 1.807) is 21.3 Å². The van der Waals surface area contributed by atoms with Gasteiger partial charge in [-0.3, -0.25) is 0 Å². The van der Waals surface area contributed by atoms with Gasteiger partial charge in [0.25, 0.3) is 0 Å². The monoisotopic (exact) mass is 310 g/mol. The molecule has 0 amide bonds. The van der Waals surface area contributed by atoms with Crippen molar-refractivity contribution in [3.05, 3.63) is 59.2 Å². The Hall–Kier alpha value is -2.42. The van der Waals surface area contributed by atoms with Crippen molar-refractivity contribution in [1.29, 1.82) is 0 Å². The summed E-state index contributed by atoms with van der Waals surface area (Å²) < 4.78 is 16.4. The third kappa shape index (κ3) is 2.91. The number of methoxy groups -OCH3 is 3. The highest BCUT2D eigenvalue weighted by Crippen LogP contribution is 2.42. The van der Waals surface area contributed by atoms with E-state index in [9.17, 15) is 0 Å². The zero-order valence-corrected chi connectivity index (χ0v) is 13.9. The molecular formula is C20H22O3. The van der Waals surface area contributed by atoms with Crippen molar-refractivity contribution in [1.82, 2.24) is 0 Å². The largest absolute Gasteiger partial charge is 0.493 e. The third-order valence-electron chi connectivity index (χ3n) is 4.28. The first kappa shape index (κ1) is 15.5. The zero-order chi connectivity index (χ0) is 16.2. The van der Waals surface area contributed by atoms with E-state index >= 15 is 0 Å². The number of aryl methyl sites for hydroxylation is 1. The van der Waals surface area contributed by atoms with Crippen LogP contribution in [0.3, 0.4) is 0 Å². The van der Waals surface area contributed by atoms with Crippen molar-refractivity contribution in [3.63, 3.8) is 0 Å². The van der Waals surface area contributed by atoms with E-state index in [0.29, 0.717) is 17.2 Å². The van der Waals surface area contributed by atoms with E-state index in [2.05, 4.69) is 30.3 Å². The number of allylic oxidation sites excluding steroid dienone is 1. The Morgan fingerprint density at radius 3 is 2.22 bits per heavy atom. The van der Waals surface area contributed by atoms with Gasteiger partial charge in [0.2, 0.25) is 5.75 Å². The lowest BCUT2D eigenvalue weighted by atomic mass is 9.93. The van der Waals surface area contributed by atoms with Crippen LogP contribution in [0.2, 0.25) is 0 Å². The van der Waals surface area contributed by atoms with Crippen LogP contribution in [0.1, 0.15) is 29.5 Å². The molecule has 0 saturated heterocycles. The van der Waals surface area contributed by atoms with Crippen molar-refractivity contribution in [2.24, 2.45) is 0 Å². The molecule has 1 aliphatic rings. The first-order chi connectivity index (χ1) is 11.3. The lowest BCUT2D eigenvalue weighted by molar-refractivity contribution is 0.324. The molecule has 3 heteroatoms. The van der Waals surface area contributed by atoms with Crippen molar-refractivity contribution >= 4 is 5.57 Å². The van der Waals surface area contributed by atoms with Crippen molar-refractivity contribution in [3.8, 4) is 17.2 Å². The van der Waals surface area contributed by atoms with Crippen LogP contribution in [0, 0.1) is 0 Å². The fourth-order valence-electron chi connectivity index (χ4n) is 3.16. The van der Waals surface area contributed by atoms with Crippen LogP contribution in [0.15, 0.2) is 42.5 Å². The zero-order valence-electron chi connectivity index (χ0n) is 13.9. The van der Waals surface area contributed by atoms with E-state index < -0.39 is 0 Å². The number of ether oxygens (including phenoxy) is 3.